The minimum Gasteiger partial charge on any atom is -0.444 e. The lowest BCUT2D eigenvalue weighted by Crippen LogP contribution is -2.44. The topological polar surface area (TPSA) is 64.3 Å². The van der Waals surface area contributed by atoms with Crippen molar-refractivity contribution in [3.63, 3.8) is 0 Å². The molecule has 0 bridgehead atoms. The fourth-order valence-corrected chi connectivity index (χ4v) is 1.84. The zero-order chi connectivity index (χ0) is 14.5. The molecule has 1 aromatic carbocycles. The molecule has 0 heterocycles. The molecule has 0 fully saturated rings. The summed E-state index contributed by atoms with van der Waals surface area (Å²) in [5, 5.41) is 2.79. The number of hydrogen-bond acceptors (Lipinski definition) is 3. The van der Waals surface area contributed by atoms with Crippen LogP contribution in [0.3, 0.4) is 0 Å². The normalized spacial score (nSPS) is 12.9. The SMILES string of the molecule is CC(C)(C)OC(=O)NC(CN)Cc1ccc(Br)cc1. The van der Waals surface area contributed by atoms with Crippen molar-refractivity contribution in [2.45, 2.75) is 38.8 Å². The van der Waals surface area contributed by atoms with Gasteiger partial charge in [-0.3, -0.25) is 0 Å². The van der Waals surface area contributed by atoms with E-state index < -0.39 is 11.7 Å². The zero-order valence-corrected chi connectivity index (χ0v) is 13.2. The number of nitrogens with two attached hydrogens (primary N) is 1. The number of alkyl carbamates (subject to hydrolysis) is 1. The van der Waals surface area contributed by atoms with E-state index in [0.717, 1.165) is 10.0 Å². The maximum Gasteiger partial charge on any atom is 0.407 e. The standard InChI is InChI=1S/C14H21BrN2O2/c1-14(2,3)19-13(18)17-12(9-16)8-10-4-6-11(15)7-5-10/h4-7,12H,8-9,16H2,1-3H3,(H,17,18). The van der Waals surface area contributed by atoms with E-state index in [1.54, 1.807) is 0 Å². The predicted molar refractivity (Wildman–Crippen MR) is 80.1 cm³/mol. The highest BCUT2D eigenvalue weighted by Gasteiger charge is 2.18. The van der Waals surface area contributed by atoms with Crippen LogP contribution in [0.15, 0.2) is 28.7 Å². The summed E-state index contributed by atoms with van der Waals surface area (Å²) in [4.78, 5) is 11.7. The number of carbonyl (C=O) groups is 1. The summed E-state index contributed by atoms with van der Waals surface area (Å²) in [6.07, 6.45) is 0.253. The van der Waals surface area contributed by atoms with E-state index in [-0.39, 0.29) is 6.04 Å². The van der Waals surface area contributed by atoms with Crippen LogP contribution in [0, 0.1) is 0 Å². The van der Waals surface area contributed by atoms with Crippen LogP contribution in [0.1, 0.15) is 26.3 Å². The van der Waals surface area contributed by atoms with Crippen molar-refractivity contribution >= 4 is 22.0 Å². The number of benzene rings is 1. The molecule has 1 aromatic rings. The van der Waals surface area contributed by atoms with Gasteiger partial charge in [-0.1, -0.05) is 28.1 Å². The van der Waals surface area contributed by atoms with E-state index in [1.165, 1.54) is 0 Å². The Labute approximate surface area is 122 Å². The van der Waals surface area contributed by atoms with Gasteiger partial charge in [-0.05, 0) is 44.9 Å². The molecule has 0 aromatic heterocycles. The number of amides is 1. The Morgan fingerprint density at radius 3 is 2.42 bits per heavy atom. The molecule has 0 saturated carbocycles. The summed E-state index contributed by atoms with van der Waals surface area (Å²) >= 11 is 3.39. The van der Waals surface area contributed by atoms with Crippen LogP contribution in [-0.4, -0.2) is 24.3 Å². The van der Waals surface area contributed by atoms with Crippen molar-refractivity contribution < 1.29 is 9.53 Å². The van der Waals surface area contributed by atoms with Gasteiger partial charge in [0, 0.05) is 17.1 Å². The molecular weight excluding hydrogens is 308 g/mol. The van der Waals surface area contributed by atoms with Crippen molar-refractivity contribution in [2.24, 2.45) is 5.73 Å². The summed E-state index contributed by atoms with van der Waals surface area (Å²) in [7, 11) is 0. The Hall–Kier alpha value is -1.07. The number of carbonyl (C=O) groups excluding carboxylic acids is 1. The van der Waals surface area contributed by atoms with E-state index in [9.17, 15) is 4.79 Å². The molecule has 0 aliphatic rings. The van der Waals surface area contributed by atoms with Gasteiger partial charge in [0.15, 0.2) is 0 Å². The minimum absolute atomic E-state index is 0.129. The summed E-state index contributed by atoms with van der Waals surface area (Å²) in [6, 6.07) is 7.82. The summed E-state index contributed by atoms with van der Waals surface area (Å²) in [5.74, 6) is 0. The molecule has 4 nitrogen and oxygen atoms in total. The Morgan fingerprint density at radius 2 is 1.95 bits per heavy atom. The molecule has 0 aliphatic heterocycles. The molecule has 1 amide bonds. The molecule has 1 unspecified atom stereocenters. The average molecular weight is 329 g/mol. The van der Waals surface area contributed by atoms with Crippen molar-refractivity contribution in [1.29, 1.82) is 0 Å². The van der Waals surface area contributed by atoms with Crippen molar-refractivity contribution in [2.75, 3.05) is 6.54 Å². The van der Waals surface area contributed by atoms with Gasteiger partial charge in [0.2, 0.25) is 0 Å². The van der Waals surface area contributed by atoms with Crippen molar-refractivity contribution in [3.8, 4) is 0 Å². The molecule has 19 heavy (non-hydrogen) atoms. The third-order valence-electron chi connectivity index (χ3n) is 2.40. The number of nitrogens with one attached hydrogen (secondary N) is 1. The molecule has 0 saturated heterocycles. The van der Waals surface area contributed by atoms with Crippen LogP contribution < -0.4 is 11.1 Å². The predicted octanol–water partition coefficient (Wildman–Crippen LogP) is 2.84. The molecule has 0 radical (unpaired) electrons. The van der Waals surface area contributed by atoms with Crippen molar-refractivity contribution in [3.05, 3.63) is 34.3 Å². The summed E-state index contributed by atoms with van der Waals surface area (Å²) < 4.78 is 6.24. The molecule has 106 valence electrons. The van der Waals surface area contributed by atoms with Gasteiger partial charge in [-0.25, -0.2) is 4.79 Å². The quantitative estimate of drug-likeness (QED) is 0.893. The van der Waals surface area contributed by atoms with E-state index in [4.69, 9.17) is 10.5 Å². The van der Waals surface area contributed by atoms with Gasteiger partial charge in [0.05, 0.1) is 0 Å². The third-order valence-corrected chi connectivity index (χ3v) is 2.93. The van der Waals surface area contributed by atoms with Gasteiger partial charge in [0.1, 0.15) is 5.60 Å². The highest BCUT2D eigenvalue weighted by atomic mass is 79.9. The van der Waals surface area contributed by atoms with E-state index in [2.05, 4.69) is 21.2 Å². The molecule has 3 N–H and O–H groups in total. The third kappa shape index (κ3) is 6.59. The van der Waals surface area contributed by atoms with Gasteiger partial charge in [-0.15, -0.1) is 0 Å². The lowest BCUT2D eigenvalue weighted by molar-refractivity contribution is 0.0506. The largest absolute Gasteiger partial charge is 0.444 e. The van der Waals surface area contributed by atoms with E-state index in [1.807, 2.05) is 45.0 Å². The van der Waals surface area contributed by atoms with Gasteiger partial charge >= 0.3 is 6.09 Å². The number of hydrogen-bond donors (Lipinski definition) is 2. The van der Waals surface area contributed by atoms with Crippen LogP contribution in [0.25, 0.3) is 0 Å². The van der Waals surface area contributed by atoms with Crippen molar-refractivity contribution in [1.82, 2.24) is 5.32 Å². The lowest BCUT2D eigenvalue weighted by atomic mass is 10.1. The first-order chi connectivity index (χ1) is 8.80. The highest BCUT2D eigenvalue weighted by molar-refractivity contribution is 9.10. The molecule has 1 atom stereocenters. The van der Waals surface area contributed by atoms with Crippen LogP contribution in [0.4, 0.5) is 4.79 Å². The second kappa shape index (κ2) is 6.91. The Kier molecular flexibility index (Phi) is 5.82. The number of ether oxygens (including phenoxy) is 1. The van der Waals surface area contributed by atoms with E-state index in [0.29, 0.717) is 13.0 Å². The van der Waals surface area contributed by atoms with Gasteiger partial charge in [0.25, 0.3) is 0 Å². The maximum atomic E-state index is 11.7. The first-order valence-electron chi connectivity index (χ1n) is 6.24. The monoisotopic (exact) mass is 328 g/mol. The molecular formula is C14H21BrN2O2. The molecule has 5 heteroatoms. The summed E-state index contributed by atoms with van der Waals surface area (Å²) in [5.41, 5.74) is 6.30. The number of rotatable bonds is 4. The second-order valence-electron chi connectivity index (χ2n) is 5.41. The molecule has 0 spiro atoms. The minimum atomic E-state index is -0.499. The highest BCUT2D eigenvalue weighted by Crippen LogP contribution is 2.12. The maximum absolute atomic E-state index is 11.7. The summed E-state index contributed by atoms with van der Waals surface area (Å²) in [6.45, 7) is 5.87. The zero-order valence-electron chi connectivity index (χ0n) is 11.6. The smallest absolute Gasteiger partial charge is 0.407 e. The first-order valence-corrected chi connectivity index (χ1v) is 7.03. The van der Waals surface area contributed by atoms with Crippen LogP contribution >= 0.6 is 15.9 Å². The Bertz CT molecular complexity index is 412. The van der Waals surface area contributed by atoms with Crippen LogP contribution in [-0.2, 0) is 11.2 Å². The van der Waals surface area contributed by atoms with Crippen LogP contribution in [0.2, 0.25) is 0 Å². The Morgan fingerprint density at radius 1 is 1.37 bits per heavy atom. The van der Waals surface area contributed by atoms with Gasteiger partial charge < -0.3 is 15.8 Å². The average Bonchev–Trinajstić information content (AvgIpc) is 2.28. The first kappa shape index (κ1) is 16.0. The molecule has 0 aliphatic carbocycles. The number of halogens is 1. The second-order valence-corrected chi connectivity index (χ2v) is 6.33. The Balaban J connectivity index is 2.54. The lowest BCUT2D eigenvalue weighted by Gasteiger charge is -2.23. The van der Waals surface area contributed by atoms with E-state index >= 15 is 0 Å². The fraction of sp³-hybridized carbons (Fsp3) is 0.500. The van der Waals surface area contributed by atoms with Crippen LogP contribution in [0.5, 0.6) is 0 Å². The van der Waals surface area contributed by atoms with Gasteiger partial charge in [-0.2, -0.15) is 0 Å². The fourth-order valence-electron chi connectivity index (χ4n) is 1.57. The molecule has 1 rings (SSSR count).